The van der Waals surface area contributed by atoms with Crippen LogP contribution in [-0.2, 0) is 0 Å². The molecule has 1 aromatic carbocycles. The Labute approximate surface area is 149 Å². The third-order valence-electron chi connectivity index (χ3n) is 4.31. The molecule has 132 valence electrons. The average molecular weight is 364 g/mol. The molecule has 1 fully saturated rings. The molecule has 7 nitrogen and oxygen atoms in total. The number of nitro groups is 1. The minimum absolute atomic E-state index is 0.00655. The molecule has 0 unspecified atom stereocenters. The van der Waals surface area contributed by atoms with Gasteiger partial charge in [0.1, 0.15) is 10.8 Å². The van der Waals surface area contributed by atoms with Gasteiger partial charge in [0.15, 0.2) is 0 Å². The van der Waals surface area contributed by atoms with Gasteiger partial charge in [0.2, 0.25) is 0 Å². The minimum atomic E-state index is -0.602. The minimum Gasteiger partial charge on any atom is -0.468 e. The second-order valence-electron chi connectivity index (χ2n) is 5.91. The molecule has 1 amide bonds. The van der Waals surface area contributed by atoms with Crippen molar-refractivity contribution >= 4 is 23.2 Å². The van der Waals surface area contributed by atoms with Gasteiger partial charge in [-0.15, -0.1) is 0 Å². The molecule has 0 spiro atoms. The molecule has 1 atom stereocenters. The smallest absolute Gasteiger partial charge is 0.288 e. The third-order valence-corrected chi connectivity index (χ3v) is 4.63. The summed E-state index contributed by atoms with van der Waals surface area (Å²) in [6.45, 7) is 2.27. The van der Waals surface area contributed by atoms with Gasteiger partial charge in [-0.2, -0.15) is 0 Å². The van der Waals surface area contributed by atoms with E-state index in [0.717, 1.165) is 31.7 Å². The van der Waals surface area contributed by atoms with Crippen LogP contribution in [0.1, 0.15) is 35.0 Å². The van der Waals surface area contributed by atoms with E-state index in [1.807, 2.05) is 12.1 Å². The maximum absolute atomic E-state index is 12.4. The van der Waals surface area contributed by atoms with Crippen LogP contribution in [0.25, 0.3) is 0 Å². The molecule has 0 radical (unpaired) electrons. The number of benzene rings is 1. The van der Waals surface area contributed by atoms with Crippen molar-refractivity contribution < 1.29 is 14.1 Å². The number of nitro benzene ring substituents is 1. The Hall–Kier alpha value is -2.38. The van der Waals surface area contributed by atoms with Crippen molar-refractivity contribution in [1.29, 1.82) is 0 Å². The van der Waals surface area contributed by atoms with Crippen molar-refractivity contribution in [3.63, 3.8) is 0 Å². The summed E-state index contributed by atoms with van der Waals surface area (Å²) >= 11 is 5.78. The van der Waals surface area contributed by atoms with Crippen LogP contribution < -0.4 is 5.32 Å². The Balaban J connectivity index is 1.71. The van der Waals surface area contributed by atoms with Crippen LogP contribution in [0.4, 0.5) is 5.69 Å². The molecule has 0 bridgehead atoms. The summed E-state index contributed by atoms with van der Waals surface area (Å²) in [7, 11) is 0. The lowest BCUT2D eigenvalue weighted by Crippen LogP contribution is -2.36. The summed E-state index contributed by atoms with van der Waals surface area (Å²) in [4.78, 5) is 25.0. The Morgan fingerprint density at radius 2 is 2.12 bits per heavy atom. The summed E-state index contributed by atoms with van der Waals surface area (Å²) in [6, 6.07) is 7.69. The van der Waals surface area contributed by atoms with E-state index in [9.17, 15) is 14.9 Å². The molecule has 1 aliphatic rings. The first-order chi connectivity index (χ1) is 12.1. The van der Waals surface area contributed by atoms with Gasteiger partial charge in [-0.3, -0.25) is 19.8 Å². The van der Waals surface area contributed by atoms with Crippen molar-refractivity contribution in [2.75, 3.05) is 19.6 Å². The van der Waals surface area contributed by atoms with E-state index in [1.165, 1.54) is 18.2 Å². The normalized spacial score (nSPS) is 15.9. The van der Waals surface area contributed by atoms with E-state index in [4.69, 9.17) is 16.0 Å². The van der Waals surface area contributed by atoms with Gasteiger partial charge in [0.05, 0.1) is 17.2 Å². The number of carbonyl (C=O) groups is 1. The molecule has 1 aromatic heterocycles. The van der Waals surface area contributed by atoms with Crippen LogP contribution in [0.5, 0.6) is 0 Å². The molecular weight excluding hydrogens is 346 g/mol. The molecule has 1 N–H and O–H groups in total. The maximum Gasteiger partial charge on any atom is 0.288 e. The summed E-state index contributed by atoms with van der Waals surface area (Å²) < 4.78 is 5.51. The number of furan rings is 1. The molecule has 3 rings (SSSR count). The molecule has 25 heavy (non-hydrogen) atoms. The van der Waals surface area contributed by atoms with E-state index < -0.39 is 4.92 Å². The number of carbonyl (C=O) groups excluding carboxylic acids is 1. The standard InChI is InChI=1S/C17H18ClN3O4/c18-13-6-5-12(10-14(13)21(23)24)17(22)19-11-15(16-4-3-9-25-16)20-7-1-2-8-20/h3-6,9-10,15H,1-2,7-8,11H2,(H,19,22)/t15-/m1/s1. The van der Waals surface area contributed by atoms with Gasteiger partial charge >= 0.3 is 0 Å². The topological polar surface area (TPSA) is 88.6 Å². The lowest BCUT2D eigenvalue weighted by atomic mass is 10.1. The maximum atomic E-state index is 12.4. The number of rotatable bonds is 6. The first-order valence-electron chi connectivity index (χ1n) is 8.06. The fourth-order valence-electron chi connectivity index (χ4n) is 3.03. The summed E-state index contributed by atoms with van der Waals surface area (Å²) in [6.07, 6.45) is 3.85. The molecule has 0 saturated carbocycles. The zero-order valence-corrected chi connectivity index (χ0v) is 14.2. The van der Waals surface area contributed by atoms with E-state index in [1.54, 1.807) is 6.26 Å². The quantitative estimate of drug-likeness (QED) is 0.627. The SMILES string of the molecule is O=C(NC[C@H](c1ccco1)N1CCCC1)c1ccc(Cl)c([N+](=O)[O-])c1. The van der Waals surface area contributed by atoms with Crippen LogP contribution >= 0.6 is 11.6 Å². The van der Waals surface area contributed by atoms with Crippen LogP contribution in [-0.4, -0.2) is 35.4 Å². The van der Waals surface area contributed by atoms with Crippen molar-refractivity contribution in [3.05, 3.63) is 63.1 Å². The number of likely N-dealkylation sites (tertiary alicyclic amines) is 1. The third kappa shape index (κ3) is 4.00. The Bertz CT molecular complexity index is 757. The number of hydrogen-bond acceptors (Lipinski definition) is 5. The molecule has 1 saturated heterocycles. The van der Waals surface area contributed by atoms with Gasteiger partial charge in [-0.25, -0.2) is 0 Å². The van der Waals surface area contributed by atoms with Crippen LogP contribution in [0.15, 0.2) is 41.0 Å². The van der Waals surface area contributed by atoms with E-state index in [0.29, 0.717) is 6.54 Å². The number of halogens is 1. The summed E-state index contributed by atoms with van der Waals surface area (Å²) in [5, 5.41) is 13.8. The van der Waals surface area contributed by atoms with Crippen molar-refractivity contribution in [2.45, 2.75) is 18.9 Å². The fourth-order valence-corrected chi connectivity index (χ4v) is 3.22. The predicted molar refractivity (Wildman–Crippen MR) is 92.7 cm³/mol. The summed E-state index contributed by atoms with van der Waals surface area (Å²) in [5.41, 5.74) is -0.0767. The van der Waals surface area contributed by atoms with Crippen molar-refractivity contribution in [1.82, 2.24) is 10.2 Å². The molecule has 2 heterocycles. The van der Waals surface area contributed by atoms with Crippen LogP contribution in [0, 0.1) is 10.1 Å². The molecule has 8 heteroatoms. The highest BCUT2D eigenvalue weighted by Gasteiger charge is 2.26. The largest absolute Gasteiger partial charge is 0.468 e. The summed E-state index contributed by atoms with van der Waals surface area (Å²) in [5.74, 6) is 0.416. The van der Waals surface area contributed by atoms with Gasteiger partial charge in [0.25, 0.3) is 11.6 Å². The second-order valence-corrected chi connectivity index (χ2v) is 6.31. The van der Waals surface area contributed by atoms with E-state index >= 15 is 0 Å². The predicted octanol–water partition coefficient (Wildman–Crippen LogP) is 3.41. The van der Waals surface area contributed by atoms with Crippen LogP contribution in [0.2, 0.25) is 5.02 Å². The lowest BCUT2D eigenvalue weighted by molar-refractivity contribution is -0.384. The monoisotopic (exact) mass is 363 g/mol. The van der Waals surface area contributed by atoms with Gasteiger partial charge in [-0.1, -0.05) is 11.6 Å². The molecule has 1 aliphatic heterocycles. The lowest BCUT2D eigenvalue weighted by Gasteiger charge is -2.26. The number of nitrogens with one attached hydrogen (secondary N) is 1. The number of amides is 1. The number of hydrogen-bond donors (Lipinski definition) is 1. The highest BCUT2D eigenvalue weighted by atomic mass is 35.5. The van der Waals surface area contributed by atoms with E-state index in [-0.39, 0.29) is 28.2 Å². The number of nitrogens with zero attached hydrogens (tertiary/aromatic N) is 2. The highest BCUT2D eigenvalue weighted by Crippen LogP contribution is 2.26. The Kier molecular flexibility index (Phi) is 5.35. The average Bonchev–Trinajstić information content (AvgIpc) is 3.29. The van der Waals surface area contributed by atoms with Crippen molar-refractivity contribution in [3.8, 4) is 0 Å². The van der Waals surface area contributed by atoms with Crippen LogP contribution in [0.3, 0.4) is 0 Å². The van der Waals surface area contributed by atoms with Gasteiger partial charge < -0.3 is 9.73 Å². The van der Waals surface area contributed by atoms with Crippen molar-refractivity contribution in [2.24, 2.45) is 0 Å². The second kappa shape index (κ2) is 7.67. The Morgan fingerprint density at radius 3 is 2.76 bits per heavy atom. The van der Waals surface area contributed by atoms with Gasteiger partial charge in [0, 0.05) is 18.2 Å². The first kappa shape index (κ1) is 17.4. The fraction of sp³-hybridized carbons (Fsp3) is 0.353. The first-order valence-corrected chi connectivity index (χ1v) is 8.43. The van der Waals surface area contributed by atoms with E-state index in [2.05, 4.69) is 10.2 Å². The van der Waals surface area contributed by atoms with Gasteiger partial charge in [-0.05, 0) is 50.2 Å². The highest BCUT2D eigenvalue weighted by molar-refractivity contribution is 6.32. The zero-order valence-electron chi connectivity index (χ0n) is 13.5. The Morgan fingerprint density at radius 1 is 1.36 bits per heavy atom. The zero-order chi connectivity index (χ0) is 17.8. The molecular formula is C17H18ClN3O4. The molecule has 0 aliphatic carbocycles. The molecule has 2 aromatic rings.